The number of carbonyl (C=O) groups excluding carboxylic acids is 3. The number of carbonyl (C=O) groups is 3. The van der Waals surface area contributed by atoms with Crippen molar-refractivity contribution in [3.8, 4) is 0 Å². The van der Waals surface area contributed by atoms with Crippen LogP contribution in [0.1, 0.15) is 36.8 Å². The molecule has 1 spiro atoms. The summed E-state index contributed by atoms with van der Waals surface area (Å²) in [6.45, 7) is 1.10. The van der Waals surface area contributed by atoms with Gasteiger partial charge in [0.2, 0.25) is 17.7 Å². The molecule has 24 heavy (non-hydrogen) atoms. The van der Waals surface area contributed by atoms with E-state index in [2.05, 4.69) is 17.4 Å². The molecule has 0 bridgehead atoms. The van der Waals surface area contributed by atoms with Crippen LogP contribution in [0.25, 0.3) is 0 Å². The summed E-state index contributed by atoms with van der Waals surface area (Å²) in [7, 11) is 0. The Morgan fingerprint density at radius 3 is 2.46 bits per heavy atom. The van der Waals surface area contributed by atoms with E-state index in [9.17, 15) is 14.4 Å². The Labute approximate surface area is 141 Å². The largest absolute Gasteiger partial charge is 0.356 e. The highest BCUT2D eigenvalue weighted by Crippen LogP contribution is 2.45. The summed E-state index contributed by atoms with van der Waals surface area (Å²) in [6.07, 6.45) is 3.73. The number of imide groups is 1. The van der Waals surface area contributed by atoms with Gasteiger partial charge in [0.05, 0.1) is 5.41 Å². The third-order valence-electron chi connectivity index (χ3n) is 5.76. The lowest BCUT2D eigenvalue weighted by Crippen LogP contribution is -2.39. The smallest absolute Gasteiger partial charge is 0.236 e. The molecule has 1 unspecified atom stereocenters. The molecule has 1 atom stereocenters. The zero-order valence-electron chi connectivity index (χ0n) is 13.7. The SMILES string of the molecule is O=C1CCC(CN2C(=O)CC3(Cc4ccccc4C3)C2=O)CCN1. The van der Waals surface area contributed by atoms with Crippen LogP contribution in [0.2, 0.25) is 0 Å². The molecule has 0 aromatic heterocycles. The van der Waals surface area contributed by atoms with Gasteiger partial charge in [-0.1, -0.05) is 24.3 Å². The van der Waals surface area contributed by atoms with Gasteiger partial charge in [-0.2, -0.15) is 0 Å². The summed E-state index contributed by atoms with van der Waals surface area (Å²) in [6, 6.07) is 8.11. The highest BCUT2D eigenvalue weighted by atomic mass is 16.2. The number of benzene rings is 1. The Balaban J connectivity index is 1.50. The molecule has 1 aliphatic carbocycles. The lowest BCUT2D eigenvalue weighted by atomic mass is 9.83. The summed E-state index contributed by atoms with van der Waals surface area (Å²) in [5, 5.41) is 2.85. The number of hydrogen-bond donors (Lipinski definition) is 1. The van der Waals surface area contributed by atoms with Crippen LogP contribution in [0.4, 0.5) is 0 Å². The van der Waals surface area contributed by atoms with Crippen molar-refractivity contribution in [1.82, 2.24) is 10.2 Å². The van der Waals surface area contributed by atoms with Crippen LogP contribution in [0.15, 0.2) is 24.3 Å². The Morgan fingerprint density at radius 2 is 1.75 bits per heavy atom. The van der Waals surface area contributed by atoms with Crippen molar-refractivity contribution in [1.29, 1.82) is 0 Å². The van der Waals surface area contributed by atoms with Gasteiger partial charge in [-0.05, 0) is 42.7 Å². The fraction of sp³-hybridized carbons (Fsp3) is 0.526. The molecule has 3 aliphatic rings. The summed E-state index contributed by atoms with van der Waals surface area (Å²) >= 11 is 0. The number of hydrogen-bond acceptors (Lipinski definition) is 3. The van der Waals surface area contributed by atoms with Gasteiger partial charge in [0.1, 0.15) is 0 Å². The summed E-state index contributed by atoms with van der Waals surface area (Å²) in [5.74, 6) is 0.235. The molecule has 5 heteroatoms. The van der Waals surface area contributed by atoms with Crippen molar-refractivity contribution in [3.63, 3.8) is 0 Å². The van der Waals surface area contributed by atoms with Gasteiger partial charge >= 0.3 is 0 Å². The van der Waals surface area contributed by atoms with Crippen molar-refractivity contribution in [3.05, 3.63) is 35.4 Å². The van der Waals surface area contributed by atoms with Crippen molar-refractivity contribution in [2.24, 2.45) is 11.3 Å². The van der Waals surface area contributed by atoms with E-state index < -0.39 is 5.41 Å². The standard InChI is InChI=1S/C19H22N2O3/c22-16-6-5-13(7-8-20-16)12-21-17(23)11-19(18(21)24)9-14-3-1-2-4-15(14)10-19/h1-4,13H,5-12H2,(H,20,22). The van der Waals surface area contributed by atoms with E-state index in [0.29, 0.717) is 38.8 Å². The monoisotopic (exact) mass is 326 g/mol. The first-order valence-electron chi connectivity index (χ1n) is 8.76. The molecule has 4 rings (SSSR count). The normalized spacial score (nSPS) is 25.8. The molecule has 0 radical (unpaired) electrons. The van der Waals surface area contributed by atoms with Crippen LogP contribution in [0.5, 0.6) is 0 Å². The minimum Gasteiger partial charge on any atom is -0.356 e. The lowest BCUT2D eigenvalue weighted by Gasteiger charge is -2.24. The van der Waals surface area contributed by atoms with Crippen LogP contribution >= 0.6 is 0 Å². The topological polar surface area (TPSA) is 66.5 Å². The Hall–Kier alpha value is -2.17. The van der Waals surface area contributed by atoms with Gasteiger partial charge in [-0.25, -0.2) is 0 Å². The zero-order valence-corrected chi connectivity index (χ0v) is 13.7. The average Bonchev–Trinajstić information content (AvgIpc) is 2.94. The predicted molar refractivity (Wildman–Crippen MR) is 88.0 cm³/mol. The molecule has 2 saturated heterocycles. The molecule has 0 saturated carbocycles. The van der Waals surface area contributed by atoms with Gasteiger partial charge in [0.25, 0.3) is 0 Å². The summed E-state index contributed by atoms with van der Waals surface area (Å²) in [5.41, 5.74) is 1.84. The number of amides is 3. The highest BCUT2D eigenvalue weighted by molar-refractivity contribution is 6.06. The molecule has 3 amide bonds. The van der Waals surface area contributed by atoms with Crippen molar-refractivity contribution in [2.45, 2.75) is 38.5 Å². The molecule has 2 aliphatic heterocycles. The van der Waals surface area contributed by atoms with Crippen molar-refractivity contribution >= 4 is 17.7 Å². The van der Waals surface area contributed by atoms with Crippen LogP contribution < -0.4 is 5.32 Å². The van der Waals surface area contributed by atoms with E-state index in [1.54, 1.807) is 0 Å². The second-order valence-corrected chi connectivity index (χ2v) is 7.43. The van der Waals surface area contributed by atoms with Crippen molar-refractivity contribution < 1.29 is 14.4 Å². The number of rotatable bonds is 2. The summed E-state index contributed by atoms with van der Waals surface area (Å²) in [4.78, 5) is 38.5. The molecule has 126 valence electrons. The third kappa shape index (κ3) is 2.52. The second kappa shape index (κ2) is 5.72. The first-order valence-corrected chi connectivity index (χ1v) is 8.76. The molecule has 5 nitrogen and oxygen atoms in total. The molecular formula is C19H22N2O3. The quantitative estimate of drug-likeness (QED) is 0.837. The van der Waals surface area contributed by atoms with E-state index in [4.69, 9.17) is 0 Å². The molecular weight excluding hydrogens is 304 g/mol. The van der Waals surface area contributed by atoms with E-state index in [1.807, 2.05) is 12.1 Å². The Bertz CT molecular complexity index is 687. The maximum atomic E-state index is 13.1. The molecule has 1 N–H and O–H groups in total. The third-order valence-corrected chi connectivity index (χ3v) is 5.76. The zero-order chi connectivity index (χ0) is 16.7. The van der Waals surface area contributed by atoms with Crippen molar-refractivity contribution in [2.75, 3.05) is 13.1 Å². The number of fused-ring (bicyclic) bond motifs is 1. The van der Waals surface area contributed by atoms with Crippen LogP contribution in [-0.4, -0.2) is 35.7 Å². The second-order valence-electron chi connectivity index (χ2n) is 7.43. The van der Waals surface area contributed by atoms with Crippen LogP contribution in [-0.2, 0) is 27.2 Å². The minimum atomic E-state index is -0.556. The summed E-state index contributed by atoms with van der Waals surface area (Å²) < 4.78 is 0. The number of nitrogens with one attached hydrogen (secondary N) is 1. The molecule has 1 aromatic carbocycles. The number of likely N-dealkylation sites (tertiary alicyclic amines) is 1. The maximum absolute atomic E-state index is 13.1. The predicted octanol–water partition coefficient (Wildman–Crippen LogP) is 1.45. The number of nitrogens with zero attached hydrogens (tertiary/aromatic N) is 1. The lowest BCUT2D eigenvalue weighted by molar-refractivity contribution is -0.142. The van der Waals surface area contributed by atoms with E-state index in [0.717, 1.165) is 12.8 Å². The first kappa shape index (κ1) is 15.4. The Kier molecular flexibility index (Phi) is 3.66. The van der Waals surface area contributed by atoms with Gasteiger partial charge in [0, 0.05) is 25.9 Å². The highest BCUT2D eigenvalue weighted by Gasteiger charge is 2.54. The first-order chi connectivity index (χ1) is 11.6. The fourth-order valence-corrected chi connectivity index (χ4v) is 4.44. The van der Waals surface area contributed by atoms with Gasteiger partial charge in [0.15, 0.2) is 0 Å². The van der Waals surface area contributed by atoms with E-state index in [1.165, 1.54) is 16.0 Å². The minimum absolute atomic E-state index is 0.00719. The maximum Gasteiger partial charge on any atom is 0.236 e. The van der Waals surface area contributed by atoms with Crippen LogP contribution in [0, 0.1) is 11.3 Å². The van der Waals surface area contributed by atoms with Gasteiger partial charge in [-0.3, -0.25) is 19.3 Å². The van der Waals surface area contributed by atoms with Gasteiger partial charge < -0.3 is 5.32 Å². The molecule has 2 heterocycles. The van der Waals surface area contributed by atoms with E-state index in [-0.39, 0.29) is 23.6 Å². The average molecular weight is 326 g/mol. The van der Waals surface area contributed by atoms with E-state index >= 15 is 0 Å². The van der Waals surface area contributed by atoms with Crippen LogP contribution in [0.3, 0.4) is 0 Å². The Morgan fingerprint density at radius 1 is 1.04 bits per heavy atom. The fourth-order valence-electron chi connectivity index (χ4n) is 4.44. The molecule has 1 aromatic rings. The molecule has 2 fully saturated rings. The van der Waals surface area contributed by atoms with Gasteiger partial charge in [-0.15, -0.1) is 0 Å².